The minimum absolute atomic E-state index is 0.146. The van der Waals surface area contributed by atoms with Crippen LogP contribution in [-0.2, 0) is 14.9 Å². The van der Waals surface area contributed by atoms with Crippen LogP contribution >= 0.6 is 11.3 Å². The van der Waals surface area contributed by atoms with E-state index in [1.54, 1.807) is 12.4 Å². The maximum absolute atomic E-state index is 12.1. The van der Waals surface area contributed by atoms with Crippen molar-refractivity contribution in [1.29, 1.82) is 0 Å². The molecule has 0 saturated carbocycles. The van der Waals surface area contributed by atoms with Gasteiger partial charge in [-0.05, 0) is 19.1 Å². The number of anilines is 1. The smallest absolute Gasteiger partial charge is 0.233 e. The summed E-state index contributed by atoms with van der Waals surface area (Å²) in [6, 6.07) is 3.77. The topological polar surface area (TPSA) is 123 Å². The summed E-state index contributed by atoms with van der Waals surface area (Å²) < 4.78 is 25.4. The molecule has 29 heavy (non-hydrogen) atoms. The third-order valence-electron chi connectivity index (χ3n) is 4.24. The molecule has 0 aliphatic carbocycles. The van der Waals surface area contributed by atoms with E-state index in [9.17, 15) is 8.42 Å². The minimum atomic E-state index is -3.52. The largest absolute Gasteiger partial charge is 0.399 e. The highest BCUT2D eigenvalue weighted by molar-refractivity contribution is 7.92. The lowest BCUT2D eigenvalue weighted by molar-refractivity contribution is 0.212. The molecule has 12 heteroatoms. The standard InChI is InChI=1S/C17H17N7O3S2/c1-10-14(28-17(19-10)11-5-4-7-18-9-11)15-20-13-12(23-27-2)6-8-24(29(3,25)26)16(13)22-21-15/h4-5,7,9H,6,8H2,1-3H3/b23-12+. The number of hydrogen-bond donors (Lipinski definition) is 0. The molecule has 0 amide bonds. The van der Waals surface area contributed by atoms with Crippen molar-refractivity contribution < 1.29 is 13.3 Å². The zero-order valence-corrected chi connectivity index (χ0v) is 17.5. The van der Waals surface area contributed by atoms with Crippen LogP contribution in [0.4, 0.5) is 5.82 Å². The Morgan fingerprint density at radius 1 is 1.28 bits per heavy atom. The summed E-state index contributed by atoms with van der Waals surface area (Å²) in [7, 11) is -2.09. The molecule has 4 rings (SSSR count). The van der Waals surface area contributed by atoms with Crippen LogP contribution in [-0.4, -0.2) is 59.2 Å². The van der Waals surface area contributed by atoms with Crippen molar-refractivity contribution in [3.8, 4) is 21.3 Å². The fourth-order valence-electron chi connectivity index (χ4n) is 2.95. The highest BCUT2D eigenvalue weighted by Gasteiger charge is 2.32. The average Bonchev–Trinajstić information content (AvgIpc) is 3.09. The van der Waals surface area contributed by atoms with Gasteiger partial charge < -0.3 is 4.84 Å². The lowest BCUT2D eigenvalue weighted by atomic mass is 10.1. The van der Waals surface area contributed by atoms with Gasteiger partial charge in [-0.2, -0.15) is 0 Å². The van der Waals surface area contributed by atoms with Crippen molar-refractivity contribution in [1.82, 2.24) is 25.1 Å². The van der Waals surface area contributed by atoms with Gasteiger partial charge in [-0.3, -0.25) is 9.29 Å². The Bertz CT molecular complexity index is 1190. The lowest BCUT2D eigenvalue weighted by Gasteiger charge is -2.27. The van der Waals surface area contributed by atoms with Crippen LogP contribution in [0.1, 0.15) is 17.8 Å². The number of oxime groups is 1. The number of fused-ring (bicyclic) bond motifs is 1. The number of aryl methyl sites for hydroxylation is 1. The summed E-state index contributed by atoms with van der Waals surface area (Å²) in [5.74, 6) is 0.501. The van der Waals surface area contributed by atoms with Gasteiger partial charge in [0.25, 0.3) is 0 Å². The first-order valence-corrected chi connectivity index (χ1v) is 11.3. The van der Waals surface area contributed by atoms with Crippen molar-refractivity contribution in [2.75, 3.05) is 24.2 Å². The van der Waals surface area contributed by atoms with Crippen LogP contribution in [0.3, 0.4) is 0 Å². The number of sulfonamides is 1. The van der Waals surface area contributed by atoms with Crippen LogP contribution in [0, 0.1) is 6.92 Å². The van der Waals surface area contributed by atoms with Crippen molar-refractivity contribution in [2.45, 2.75) is 13.3 Å². The van der Waals surface area contributed by atoms with Gasteiger partial charge in [-0.1, -0.05) is 5.16 Å². The van der Waals surface area contributed by atoms with Gasteiger partial charge in [-0.15, -0.1) is 21.5 Å². The second-order valence-electron chi connectivity index (χ2n) is 6.29. The SMILES string of the molecule is CO/N=C1\CCN(S(C)(=O)=O)c2nnc(-c3sc(-c4cccnc4)nc3C)nc21. The predicted octanol–water partition coefficient (Wildman–Crippen LogP) is 1.89. The van der Waals surface area contributed by atoms with Gasteiger partial charge >= 0.3 is 0 Å². The zero-order valence-electron chi connectivity index (χ0n) is 15.9. The summed E-state index contributed by atoms with van der Waals surface area (Å²) >= 11 is 1.42. The second-order valence-corrected chi connectivity index (χ2v) is 9.19. The molecule has 150 valence electrons. The maximum Gasteiger partial charge on any atom is 0.233 e. The Kier molecular flexibility index (Phi) is 4.96. The molecule has 3 aromatic heterocycles. The monoisotopic (exact) mass is 431 g/mol. The molecule has 4 heterocycles. The molecule has 0 atom stereocenters. The third kappa shape index (κ3) is 3.68. The molecule has 1 aliphatic rings. The van der Waals surface area contributed by atoms with E-state index in [0.717, 1.165) is 27.4 Å². The van der Waals surface area contributed by atoms with Gasteiger partial charge in [0, 0.05) is 30.9 Å². The first kappa shape index (κ1) is 19.3. The van der Waals surface area contributed by atoms with Gasteiger partial charge in [0.2, 0.25) is 10.0 Å². The Balaban J connectivity index is 1.83. The molecule has 1 aliphatic heterocycles. The first-order valence-electron chi connectivity index (χ1n) is 8.59. The summed E-state index contributed by atoms with van der Waals surface area (Å²) in [6.07, 6.45) is 4.92. The highest BCUT2D eigenvalue weighted by atomic mass is 32.2. The molecule has 0 aromatic carbocycles. The Morgan fingerprint density at radius 3 is 2.79 bits per heavy atom. The molecule has 0 N–H and O–H groups in total. The van der Waals surface area contributed by atoms with Gasteiger partial charge in [-0.25, -0.2) is 18.4 Å². The van der Waals surface area contributed by atoms with Crippen LogP contribution < -0.4 is 4.31 Å². The van der Waals surface area contributed by atoms with Crippen LogP contribution in [0.2, 0.25) is 0 Å². The number of thiazole rings is 1. The summed E-state index contributed by atoms with van der Waals surface area (Å²) in [4.78, 5) is 18.9. The van der Waals surface area contributed by atoms with E-state index in [2.05, 4.69) is 30.3 Å². The number of pyridine rings is 1. The number of nitrogens with zero attached hydrogens (tertiary/aromatic N) is 7. The van der Waals surface area contributed by atoms with Crippen molar-refractivity contribution in [2.24, 2.45) is 5.16 Å². The predicted molar refractivity (Wildman–Crippen MR) is 109 cm³/mol. The molecular formula is C17H17N7O3S2. The van der Waals surface area contributed by atoms with Crippen molar-refractivity contribution >= 4 is 32.9 Å². The fourth-order valence-corrected chi connectivity index (χ4v) is 4.79. The molecule has 0 spiro atoms. The van der Waals surface area contributed by atoms with Gasteiger partial charge in [0.15, 0.2) is 11.6 Å². The molecule has 0 unspecified atom stereocenters. The molecule has 0 fully saturated rings. The molecule has 0 saturated heterocycles. The molecule has 0 radical (unpaired) electrons. The van der Waals surface area contributed by atoms with E-state index < -0.39 is 10.0 Å². The van der Waals surface area contributed by atoms with E-state index in [1.165, 1.54) is 22.8 Å². The molecule has 3 aromatic rings. The molecular weight excluding hydrogens is 414 g/mol. The zero-order chi connectivity index (χ0) is 20.6. The van der Waals surface area contributed by atoms with E-state index >= 15 is 0 Å². The van der Waals surface area contributed by atoms with Crippen LogP contribution in [0.5, 0.6) is 0 Å². The Morgan fingerprint density at radius 2 is 2.10 bits per heavy atom. The van der Waals surface area contributed by atoms with E-state index in [4.69, 9.17) is 4.84 Å². The summed E-state index contributed by atoms with van der Waals surface area (Å²) in [6.45, 7) is 2.07. The van der Waals surface area contributed by atoms with Gasteiger partial charge in [0.1, 0.15) is 23.5 Å². The lowest BCUT2D eigenvalue weighted by Crippen LogP contribution is -2.38. The average molecular weight is 432 g/mol. The fraction of sp³-hybridized carbons (Fsp3) is 0.294. The van der Waals surface area contributed by atoms with Gasteiger partial charge in [0.05, 0.1) is 16.8 Å². The van der Waals surface area contributed by atoms with E-state index in [0.29, 0.717) is 23.7 Å². The minimum Gasteiger partial charge on any atom is -0.399 e. The summed E-state index contributed by atoms with van der Waals surface area (Å²) in [5, 5.41) is 13.1. The normalized spacial score (nSPS) is 15.4. The molecule has 10 nitrogen and oxygen atoms in total. The Hall–Kier alpha value is -2.99. The highest BCUT2D eigenvalue weighted by Crippen LogP contribution is 2.34. The van der Waals surface area contributed by atoms with Crippen LogP contribution in [0.25, 0.3) is 21.3 Å². The number of rotatable bonds is 4. The third-order valence-corrected chi connectivity index (χ3v) is 6.60. The summed E-state index contributed by atoms with van der Waals surface area (Å²) in [5.41, 5.74) is 2.50. The number of hydrogen-bond acceptors (Lipinski definition) is 10. The van der Waals surface area contributed by atoms with Crippen molar-refractivity contribution in [3.63, 3.8) is 0 Å². The first-order chi connectivity index (χ1) is 13.9. The quantitative estimate of drug-likeness (QED) is 0.574. The van der Waals surface area contributed by atoms with Crippen molar-refractivity contribution in [3.05, 3.63) is 35.9 Å². The van der Waals surface area contributed by atoms with Crippen LogP contribution in [0.15, 0.2) is 29.7 Å². The Labute approximate surface area is 171 Å². The maximum atomic E-state index is 12.1. The molecule has 0 bridgehead atoms. The van der Waals surface area contributed by atoms with E-state index in [-0.39, 0.29) is 12.4 Å². The number of aromatic nitrogens is 5. The second kappa shape index (κ2) is 7.44. The van der Waals surface area contributed by atoms with E-state index in [1.807, 2.05) is 19.1 Å².